The van der Waals surface area contributed by atoms with Crippen LogP contribution in [-0.4, -0.2) is 16.2 Å². The van der Waals surface area contributed by atoms with Crippen molar-refractivity contribution in [2.75, 3.05) is 0 Å². The van der Waals surface area contributed by atoms with Gasteiger partial charge in [0.1, 0.15) is 5.75 Å². The lowest BCUT2D eigenvalue weighted by atomic mass is 10.2. The van der Waals surface area contributed by atoms with Crippen molar-refractivity contribution in [2.24, 2.45) is 4.99 Å². The summed E-state index contributed by atoms with van der Waals surface area (Å²) in [6.45, 7) is 0. The lowest BCUT2D eigenvalue weighted by Gasteiger charge is -2.01. The van der Waals surface area contributed by atoms with E-state index in [-0.39, 0.29) is 11.4 Å². The van der Waals surface area contributed by atoms with E-state index < -0.39 is 4.92 Å². The highest BCUT2D eigenvalue weighted by atomic mass is 79.9. The normalized spacial score (nSPS) is 10.9. The topological polar surface area (TPSA) is 75.7 Å². The van der Waals surface area contributed by atoms with Crippen LogP contribution >= 0.6 is 31.9 Å². The summed E-state index contributed by atoms with van der Waals surface area (Å²) in [6, 6.07) is 9.37. The first-order chi connectivity index (χ1) is 9.47. The van der Waals surface area contributed by atoms with Crippen molar-refractivity contribution in [1.29, 1.82) is 0 Å². The molecule has 0 bridgehead atoms. The highest BCUT2D eigenvalue weighted by Crippen LogP contribution is 2.33. The molecule has 0 atom stereocenters. The molecular formula is C13H8Br2N2O3. The Morgan fingerprint density at radius 3 is 2.20 bits per heavy atom. The Balaban J connectivity index is 2.23. The minimum atomic E-state index is -0.457. The Morgan fingerprint density at radius 1 is 1.15 bits per heavy atom. The maximum Gasteiger partial charge on any atom is 0.269 e. The summed E-state index contributed by atoms with van der Waals surface area (Å²) in [5, 5.41) is 20.1. The average molecular weight is 400 g/mol. The molecule has 0 aliphatic carbocycles. The number of aromatic hydroxyl groups is 1. The van der Waals surface area contributed by atoms with E-state index in [1.807, 2.05) is 0 Å². The summed E-state index contributed by atoms with van der Waals surface area (Å²) in [6.07, 6.45) is 1.61. The molecule has 0 unspecified atom stereocenters. The van der Waals surface area contributed by atoms with E-state index in [9.17, 15) is 15.2 Å². The molecule has 2 rings (SSSR count). The van der Waals surface area contributed by atoms with Gasteiger partial charge in [-0.1, -0.05) is 0 Å². The molecule has 0 aliphatic heterocycles. The molecule has 7 heteroatoms. The molecule has 0 amide bonds. The van der Waals surface area contributed by atoms with Crippen LogP contribution in [0.1, 0.15) is 5.56 Å². The first-order valence-corrected chi connectivity index (χ1v) is 7.02. The van der Waals surface area contributed by atoms with Gasteiger partial charge in [-0.05, 0) is 61.7 Å². The molecule has 0 radical (unpaired) electrons. The molecule has 102 valence electrons. The van der Waals surface area contributed by atoms with Gasteiger partial charge in [-0.25, -0.2) is 0 Å². The highest BCUT2D eigenvalue weighted by molar-refractivity contribution is 9.11. The van der Waals surface area contributed by atoms with E-state index in [4.69, 9.17) is 0 Å². The molecule has 0 aromatic heterocycles. The van der Waals surface area contributed by atoms with Crippen molar-refractivity contribution >= 4 is 49.4 Å². The molecule has 5 nitrogen and oxygen atoms in total. The quantitative estimate of drug-likeness (QED) is 0.466. The van der Waals surface area contributed by atoms with E-state index >= 15 is 0 Å². The minimum Gasteiger partial charge on any atom is -0.506 e. The summed E-state index contributed by atoms with van der Waals surface area (Å²) in [7, 11) is 0. The summed E-state index contributed by atoms with van der Waals surface area (Å²) >= 11 is 6.46. The van der Waals surface area contributed by atoms with Gasteiger partial charge in [0.25, 0.3) is 5.69 Å². The van der Waals surface area contributed by atoms with Crippen molar-refractivity contribution in [1.82, 2.24) is 0 Å². The lowest BCUT2D eigenvalue weighted by molar-refractivity contribution is -0.384. The van der Waals surface area contributed by atoms with Gasteiger partial charge < -0.3 is 5.11 Å². The van der Waals surface area contributed by atoms with Gasteiger partial charge in [-0.3, -0.25) is 15.1 Å². The van der Waals surface area contributed by atoms with Gasteiger partial charge in [0.05, 0.1) is 19.6 Å². The standard InChI is InChI=1S/C13H8Br2N2O3/c14-11-5-8(6-12(15)13(11)18)7-16-9-1-3-10(4-2-9)17(19)20/h1-7,18H. The smallest absolute Gasteiger partial charge is 0.269 e. The van der Waals surface area contributed by atoms with Crippen molar-refractivity contribution in [3.05, 3.63) is 61.0 Å². The zero-order valence-corrected chi connectivity index (χ0v) is 13.1. The number of nitrogens with zero attached hydrogens (tertiary/aromatic N) is 2. The summed E-state index contributed by atoms with van der Waals surface area (Å²) in [5.41, 5.74) is 1.41. The summed E-state index contributed by atoms with van der Waals surface area (Å²) in [5.74, 6) is 0.123. The van der Waals surface area contributed by atoms with Gasteiger partial charge in [0.15, 0.2) is 0 Å². The number of rotatable bonds is 3. The Morgan fingerprint density at radius 2 is 1.70 bits per heavy atom. The molecule has 2 aromatic carbocycles. The second-order valence-electron chi connectivity index (χ2n) is 3.86. The van der Waals surface area contributed by atoms with Crippen LogP contribution in [0, 0.1) is 10.1 Å². The molecular weight excluding hydrogens is 392 g/mol. The van der Waals surface area contributed by atoms with Crippen LogP contribution in [0.4, 0.5) is 11.4 Å². The second-order valence-corrected chi connectivity index (χ2v) is 5.57. The maximum absolute atomic E-state index is 10.5. The zero-order valence-electron chi connectivity index (χ0n) is 9.96. The van der Waals surface area contributed by atoms with E-state index in [0.717, 1.165) is 5.56 Å². The Kier molecular flexibility index (Phi) is 4.51. The predicted molar refractivity (Wildman–Crippen MR) is 83.9 cm³/mol. The molecule has 0 spiro atoms. The van der Waals surface area contributed by atoms with E-state index in [0.29, 0.717) is 14.6 Å². The maximum atomic E-state index is 10.5. The number of phenols is 1. The molecule has 0 aliphatic rings. The highest BCUT2D eigenvalue weighted by Gasteiger charge is 2.05. The molecule has 0 fully saturated rings. The van der Waals surface area contributed by atoms with Crippen molar-refractivity contribution < 1.29 is 10.0 Å². The first kappa shape index (κ1) is 14.7. The van der Waals surface area contributed by atoms with Crippen LogP contribution < -0.4 is 0 Å². The lowest BCUT2D eigenvalue weighted by Crippen LogP contribution is -1.86. The van der Waals surface area contributed by atoms with Crippen LogP contribution in [0.3, 0.4) is 0 Å². The number of phenolic OH excluding ortho intramolecular Hbond substituents is 1. The van der Waals surface area contributed by atoms with Crippen LogP contribution in [0.2, 0.25) is 0 Å². The molecule has 0 heterocycles. The fourth-order valence-corrected chi connectivity index (χ4v) is 2.69. The summed E-state index contributed by atoms with van der Waals surface area (Å²) in [4.78, 5) is 14.3. The number of hydrogen-bond acceptors (Lipinski definition) is 4. The number of aliphatic imine (C=N–C) groups is 1. The van der Waals surface area contributed by atoms with Gasteiger partial charge in [0.2, 0.25) is 0 Å². The summed E-state index contributed by atoms with van der Waals surface area (Å²) < 4.78 is 1.11. The number of hydrogen-bond donors (Lipinski definition) is 1. The van der Waals surface area contributed by atoms with Crippen molar-refractivity contribution in [3.8, 4) is 5.75 Å². The molecule has 20 heavy (non-hydrogen) atoms. The van der Waals surface area contributed by atoms with Gasteiger partial charge in [-0.2, -0.15) is 0 Å². The fraction of sp³-hybridized carbons (Fsp3) is 0. The molecule has 2 aromatic rings. The number of non-ortho nitro benzene ring substituents is 1. The van der Waals surface area contributed by atoms with Gasteiger partial charge in [-0.15, -0.1) is 0 Å². The third-order valence-electron chi connectivity index (χ3n) is 2.46. The van der Waals surface area contributed by atoms with Crippen molar-refractivity contribution in [2.45, 2.75) is 0 Å². The van der Waals surface area contributed by atoms with E-state index in [1.165, 1.54) is 12.1 Å². The predicted octanol–water partition coefficient (Wildman–Crippen LogP) is 4.58. The fourth-order valence-electron chi connectivity index (χ4n) is 1.47. The van der Waals surface area contributed by atoms with Crippen LogP contribution in [0.15, 0.2) is 50.3 Å². The van der Waals surface area contributed by atoms with Gasteiger partial charge >= 0.3 is 0 Å². The number of nitro groups is 1. The van der Waals surface area contributed by atoms with Gasteiger partial charge in [0, 0.05) is 18.3 Å². The Labute approximate surface area is 131 Å². The largest absolute Gasteiger partial charge is 0.506 e. The number of nitro benzene ring substituents is 1. The van der Waals surface area contributed by atoms with Crippen LogP contribution in [-0.2, 0) is 0 Å². The Bertz CT molecular complexity index is 662. The second kappa shape index (κ2) is 6.15. The van der Waals surface area contributed by atoms with Crippen molar-refractivity contribution in [3.63, 3.8) is 0 Å². The Hall–Kier alpha value is -1.73. The first-order valence-electron chi connectivity index (χ1n) is 5.44. The molecule has 0 saturated heterocycles. The van der Waals surface area contributed by atoms with Crippen LogP contribution in [0.25, 0.3) is 0 Å². The molecule has 0 saturated carbocycles. The number of halogens is 2. The SMILES string of the molecule is O=[N+]([O-])c1ccc(N=Cc2cc(Br)c(O)c(Br)c2)cc1. The third-order valence-corrected chi connectivity index (χ3v) is 3.67. The monoisotopic (exact) mass is 398 g/mol. The molecule has 1 N–H and O–H groups in total. The van der Waals surface area contributed by atoms with E-state index in [2.05, 4.69) is 36.9 Å². The number of benzene rings is 2. The third kappa shape index (κ3) is 3.43. The zero-order chi connectivity index (χ0) is 14.7. The minimum absolute atomic E-state index is 0.0269. The average Bonchev–Trinajstić information content (AvgIpc) is 2.42. The van der Waals surface area contributed by atoms with E-state index in [1.54, 1.807) is 30.5 Å². The van der Waals surface area contributed by atoms with Crippen LogP contribution in [0.5, 0.6) is 5.75 Å².